The molecule has 2 aromatic rings. The van der Waals surface area contributed by atoms with Crippen LogP contribution in [0.4, 0.5) is 0 Å². The smallest absolute Gasteiger partial charge is 0.229 e. The summed E-state index contributed by atoms with van der Waals surface area (Å²) in [5.74, 6) is 1.19. The van der Waals surface area contributed by atoms with E-state index in [0.717, 1.165) is 5.76 Å². The van der Waals surface area contributed by atoms with Gasteiger partial charge in [-0.05, 0) is 19.1 Å². The van der Waals surface area contributed by atoms with Gasteiger partial charge in [-0.1, -0.05) is 29.3 Å². The molecule has 0 atom stereocenters. The number of benzene rings is 1. The van der Waals surface area contributed by atoms with Crippen molar-refractivity contribution in [2.24, 2.45) is 0 Å². The van der Waals surface area contributed by atoms with Gasteiger partial charge in [0, 0.05) is 0 Å². The Morgan fingerprint density at radius 3 is 2.36 bits per heavy atom. The van der Waals surface area contributed by atoms with Gasteiger partial charge in [0.05, 0.1) is 21.8 Å². The molecule has 1 aromatic carbocycles. The van der Waals surface area contributed by atoms with Crippen LogP contribution in [0.1, 0.15) is 5.76 Å². The van der Waals surface area contributed by atoms with Gasteiger partial charge in [-0.15, -0.1) is 0 Å². The van der Waals surface area contributed by atoms with Crippen LogP contribution >= 0.6 is 23.2 Å². The number of aryl methyl sites for hydroxylation is 1. The number of aromatic nitrogens is 1. The van der Waals surface area contributed by atoms with E-state index < -0.39 is 0 Å². The maximum absolute atomic E-state index is 5.99. The molecule has 0 fully saturated rings. The van der Waals surface area contributed by atoms with Crippen LogP contribution in [0, 0.1) is 6.92 Å². The Hall–Kier alpha value is -0.990. The molecule has 0 aliphatic rings. The van der Waals surface area contributed by atoms with Gasteiger partial charge < -0.3 is 4.42 Å². The third-order valence-electron chi connectivity index (χ3n) is 1.80. The Bertz CT molecular complexity index is 445. The van der Waals surface area contributed by atoms with E-state index in [1.165, 1.54) is 0 Å². The summed E-state index contributed by atoms with van der Waals surface area (Å²) < 4.78 is 5.35. The molecule has 0 saturated carbocycles. The Labute approximate surface area is 91.5 Å². The van der Waals surface area contributed by atoms with E-state index in [9.17, 15) is 0 Å². The average molecular weight is 228 g/mol. The van der Waals surface area contributed by atoms with E-state index in [4.69, 9.17) is 27.6 Å². The van der Waals surface area contributed by atoms with Crippen molar-refractivity contribution in [2.45, 2.75) is 6.92 Å². The molecule has 0 spiro atoms. The summed E-state index contributed by atoms with van der Waals surface area (Å²) in [6.45, 7) is 1.82. The lowest BCUT2D eigenvalue weighted by Crippen LogP contribution is -1.80. The molecule has 0 aliphatic heterocycles. The SMILES string of the molecule is Cc1cnc(-c2c(Cl)cccc2Cl)o1. The molecule has 0 saturated heterocycles. The molecule has 2 nitrogen and oxygen atoms in total. The van der Waals surface area contributed by atoms with Crippen molar-refractivity contribution in [1.29, 1.82) is 0 Å². The van der Waals surface area contributed by atoms with Gasteiger partial charge in [0.15, 0.2) is 0 Å². The topological polar surface area (TPSA) is 26.0 Å². The average Bonchev–Trinajstić information content (AvgIpc) is 2.51. The largest absolute Gasteiger partial charge is 0.441 e. The van der Waals surface area contributed by atoms with Crippen molar-refractivity contribution in [3.05, 3.63) is 40.2 Å². The van der Waals surface area contributed by atoms with Gasteiger partial charge in [0.1, 0.15) is 5.76 Å². The first-order chi connectivity index (χ1) is 6.68. The van der Waals surface area contributed by atoms with E-state index in [1.54, 1.807) is 24.4 Å². The number of hydrogen-bond acceptors (Lipinski definition) is 2. The zero-order chi connectivity index (χ0) is 10.1. The fourth-order valence-electron chi connectivity index (χ4n) is 1.17. The molecule has 0 aliphatic carbocycles. The maximum atomic E-state index is 5.99. The first-order valence-electron chi connectivity index (χ1n) is 4.05. The van der Waals surface area contributed by atoms with Crippen LogP contribution in [0.2, 0.25) is 10.0 Å². The van der Waals surface area contributed by atoms with Crippen molar-refractivity contribution in [2.75, 3.05) is 0 Å². The summed E-state index contributed by atoms with van der Waals surface area (Å²) in [6, 6.07) is 5.29. The molecular weight excluding hydrogens is 221 g/mol. The molecule has 0 radical (unpaired) electrons. The van der Waals surface area contributed by atoms with Crippen LogP contribution in [0.3, 0.4) is 0 Å². The van der Waals surface area contributed by atoms with Crippen molar-refractivity contribution >= 4 is 23.2 Å². The zero-order valence-corrected chi connectivity index (χ0v) is 8.93. The Morgan fingerprint density at radius 1 is 1.21 bits per heavy atom. The van der Waals surface area contributed by atoms with Gasteiger partial charge in [0.2, 0.25) is 5.89 Å². The lowest BCUT2D eigenvalue weighted by molar-refractivity contribution is 0.542. The van der Waals surface area contributed by atoms with E-state index >= 15 is 0 Å². The Balaban J connectivity index is 2.61. The highest BCUT2D eigenvalue weighted by Gasteiger charge is 2.12. The molecule has 2 rings (SSSR count). The normalized spacial score (nSPS) is 10.5. The highest BCUT2D eigenvalue weighted by Crippen LogP contribution is 2.33. The van der Waals surface area contributed by atoms with Gasteiger partial charge in [0.25, 0.3) is 0 Å². The number of rotatable bonds is 1. The lowest BCUT2D eigenvalue weighted by Gasteiger charge is -2.01. The number of halogens is 2. The van der Waals surface area contributed by atoms with Gasteiger partial charge in [-0.2, -0.15) is 0 Å². The Kier molecular flexibility index (Phi) is 2.48. The van der Waals surface area contributed by atoms with E-state index in [-0.39, 0.29) is 0 Å². The molecule has 72 valence electrons. The van der Waals surface area contributed by atoms with Gasteiger partial charge in [-0.3, -0.25) is 0 Å². The number of nitrogens with zero attached hydrogens (tertiary/aromatic N) is 1. The summed E-state index contributed by atoms with van der Waals surface area (Å²) in [5, 5.41) is 1.08. The summed E-state index contributed by atoms with van der Waals surface area (Å²) in [4.78, 5) is 4.07. The second-order valence-electron chi connectivity index (χ2n) is 2.87. The molecule has 0 bridgehead atoms. The van der Waals surface area contributed by atoms with Crippen molar-refractivity contribution in [3.8, 4) is 11.5 Å². The lowest BCUT2D eigenvalue weighted by atomic mass is 10.2. The minimum absolute atomic E-state index is 0.457. The molecule has 0 amide bonds. The minimum Gasteiger partial charge on any atom is -0.441 e. The summed E-state index contributed by atoms with van der Waals surface area (Å²) >= 11 is 12.0. The minimum atomic E-state index is 0.457. The number of hydrogen-bond donors (Lipinski definition) is 0. The van der Waals surface area contributed by atoms with Crippen LogP contribution in [0.5, 0.6) is 0 Å². The van der Waals surface area contributed by atoms with Crippen molar-refractivity contribution in [3.63, 3.8) is 0 Å². The molecule has 0 N–H and O–H groups in total. The van der Waals surface area contributed by atoms with E-state index in [2.05, 4.69) is 4.98 Å². The quantitative estimate of drug-likeness (QED) is 0.738. The zero-order valence-electron chi connectivity index (χ0n) is 7.42. The molecule has 1 aromatic heterocycles. The second-order valence-corrected chi connectivity index (χ2v) is 3.69. The second kappa shape index (κ2) is 3.64. The fourth-order valence-corrected chi connectivity index (χ4v) is 1.73. The van der Waals surface area contributed by atoms with Crippen LogP contribution in [-0.2, 0) is 0 Å². The molecule has 1 heterocycles. The fraction of sp³-hybridized carbons (Fsp3) is 0.100. The van der Waals surface area contributed by atoms with Crippen LogP contribution in [0.15, 0.2) is 28.8 Å². The monoisotopic (exact) mass is 227 g/mol. The predicted molar refractivity (Wildman–Crippen MR) is 56.7 cm³/mol. The van der Waals surface area contributed by atoms with E-state index in [0.29, 0.717) is 21.5 Å². The third kappa shape index (κ3) is 1.63. The first kappa shape index (κ1) is 9.56. The summed E-state index contributed by atoms with van der Waals surface area (Å²) in [6.07, 6.45) is 1.63. The first-order valence-corrected chi connectivity index (χ1v) is 4.81. The van der Waals surface area contributed by atoms with Gasteiger partial charge in [-0.25, -0.2) is 4.98 Å². The summed E-state index contributed by atoms with van der Waals surface area (Å²) in [5.41, 5.74) is 0.643. The highest BCUT2D eigenvalue weighted by molar-refractivity contribution is 6.38. The third-order valence-corrected chi connectivity index (χ3v) is 2.43. The van der Waals surface area contributed by atoms with E-state index in [1.807, 2.05) is 6.92 Å². The standard InChI is InChI=1S/C10H7Cl2NO/c1-6-5-13-10(14-6)9-7(11)3-2-4-8(9)12/h2-5H,1H3. The van der Waals surface area contributed by atoms with Crippen LogP contribution in [-0.4, -0.2) is 4.98 Å². The van der Waals surface area contributed by atoms with Crippen molar-refractivity contribution in [1.82, 2.24) is 4.98 Å². The molecule has 14 heavy (non-hydrogen) atoms. The molecule has 4 heteroatoms. The predicted octanol–water partition coefficient (Wildman–Crippen LogP) is 3.96. The highest BCUT2D eigenvalue weighted by atomic mass is 35.5. The molecule has 0 unspecified atom stereocenters. The van der Waals surface area contributed by atoms with Gasteiger partial charge >= 0.3 is 0 Å². The number of oxazole rings is 1. The van der Waals surface area contributed by atoms with Crippen molar-refractivity contribution < 1.29 is 4.42 Å². The summed E-state index contributed by atoms with van der Waals surface area (Å²) in [7, 11) is 0. The maximum Gasteiger partial charge on any atom is 0.229 e. The Morgan fingerprint density at radius 2 is 1.86 bits per heavy atom. The van der Waals surface area contributed by atoms with Crippen LogP contribution in [0.25, 0.3) is 11.5 Å². The molecular formula is C10H7Cl2NO. The van der Waals surface area contributed by atoms with Crippen LogP contribution < -0.4 is 0 Å².